The minimum atomic E-state index is -0.628. The van der Waals surface area contributed by atoms with Crippen molar-refractivity contribution in [2.75, 3.05) is 42.3 Å². The molecule has 0 radical (unpaired) electrons. The largest absolute Gasteiger partial charge is 0.383 e. The van der Waals surface area contributed by atoms with Crippen molar-refractivity contribution in [2.45, 2.75) is 32.9 Å². The predicted molar refractivity (Wildman–Crippen MR) is 112 cm³/mol. The van der Waals surface area contributed by atoms with Crippen molar-refractivity contribution in [1.82, 2.24) is 9.13 Å². The van der Waals surface area contributed by atoms with Crippen LogP contribution in [-0.2, 0) is 22.6 Å². The van der Waals surface area contributed by atoms with E-state index in [0.29, 0.717) is 45.0 Å². The first kappa shape index (κ1) is 21.6. The van der Waals surface area contributed by atoms with Crippen LogP contribution in [0.3, 0.4) is 0 Å². The molecule has 162 valence electrons. The number of rotatable bonds is 7. The molecular formula is C20H26FN5O4. The average molecular weight is 419 g/mol. The number of nitrogens with one attached hydrogen (secondary N) is 1. The van der Waals surface area contributed by atoms with Gasteiger partial charge in [-0.15, -0.1) is 0 Å². The van der Waals surface area contributed by atoms with Crippen LogP contribution in [0, 0.1) is 5.82 Å². The number of ether oxygens (including phenoxy) is 1. The highest BCUT2D eigenvalue weighted by Gasteiger charge is 2.24. The van der Waals surface area contributed by atoms with Crippen LogP contribution in [0.25, 0.3) is 0 Å². The highest BCUT2D eigenvalue weighted by atomic mass is 19.1. The van der Waals surface area contributed by atoms with Crippen molar-refractivity contribution < 1.29 is 13.9 Å². The normalized spacial score (nSPS) is 14.0. The summed E-state index contributed by atoms with van der Waals surface area (Å²) >= 11 is 0. The highest BCUT2D eigenvalue weighted by Crippen LogP contribution is 2.19. The van der Waals surface area contributed by atoms with Crippen LogP contribution < -0.4 is 27.2 Å². The molecule has 10 heteroatoms. The number of carbonyl (C=O) groups excluding carboxylic acids is 1. The molecule has 0 saturated carbocycles. The molecule has 1 aliphatic heterocycles. The minimum Gasteiger partial charge on any atom is -0.383 e. The number of carbonyl (C=O) groups is 1. The van der Waals surface area contributed by atoms with E-state index < -0.39 is 29.5 Å². The van der Waals surface area contributed by atoms with Gasteiger partial charge in [0.2, 0.25) is 5.91 Å². The highest BCUT2D eigenvalue weighted by molar-refractivity contribution is 5.90. The summed E-state index contributed by atoms with van der Waals surface area (Å²) in [5, 5.41) is 2.57. The van der Waals surface area contributed by atoms with E-state index in [9.17, 15) is 18.8 Å². The fourth-order valence-corrected chi connectivity index (χ4v) is 3.33. The smallest absolute Gasteiger partial charge is 0.333 e. The second-order valence-corrected chi connectivity index (χ2v) is 7.07. The molecule has 0 aliphatic carbocycles. The monoisotopic (exact) mass is 419 g/mol. The van der Waals surface area contributed by atoms with Crippen LogP contribution in [0.4, 0.5) is 21.6 Å². The summed E-state index contributed by atoms with van der Waals surface area (Å²) in [7, 11) is 0. The lowest BCUT2D eigenvalue weighted by molar-refractivity contribution is -0.116. The Morgan fingerprint density at radius 3 is 2.47 bits per heavy atom. The van der Waals surface area contributed by atoms with Gasteiger partial charge in [-0.25, -0.2) is 13.8 Å². The molecule has 2 heterocycles. The Morgan fingerprint density at radius 2 is 1.83 bits per heavy atom. The van der Waals surface area contributed by atoms with Gasteiger partial charge in [-0.2, -0.15) is 0 Å². The summed E-state index contributed by atoms with van der Waals surface area (Å²) in [4.78, 5) is 40.4. The van der Waals surface area contributed by atoms with Gasteiger partial charge in [-0.1, -0.05) is 13.3 Å². The van der Waals surface area contributed by atoms with Gasteiger partial charge in [0.25, 0.3) is 5.56 Å². The van der Waals surface area contributed by atoms with Crippen molar-refractivity contribution in [2.24, 2.45) is 0 Å². The van der Waals surface area contributed by atoms with Crippen LogP contribution in [-0.4, -0.2) is 41.3 Å². The molecule has 0 spiro atoms. The number of nitrogens with zero attached hydrogens (tertiary/aromatic N) is 3. The Bertz CT molecular complexity index is 1010. The zero-order chi connectivity index (χ0) is 21.7. The topological polar surface area (TPSA) is 112 Å². The Morgan fingerprint density at radius 1 is 1.17 bits per heavy atom. The second kappa shape index (κ2) is 9.57. The minimum absolute atomic E-state index is 0.107. The summed E-state index contributed by atoms with van der Waals surface area (Å²) in [5.41, 5.74) is 5.56. The predicted octanol–water partition coefficient (Wildman–Crippen LogP) is 1.01. The first-order valence-electron chi connectivity index (χ1n) is 9.93. The molecule has 2 aromatic rings. The van der Waals surface area contributed by atoms with Crippen molar-refractivity contribution >= 4 is 23.1 Å². The van der Waals surface area contributed by atoms with Crippen LogP contribution >= 0.6 is 0 Å². The second-order valence-electron chi connectivity index (χ2n) is 7.07. The van der Waals surface area contributed by atoms with Gasteiger partial charge < -0.3 is 20.7 Å². The Kier molecular flexibility index (Phi) is 6.88. The Hall–Kier alpha value is -3.14. The van der Waals surface area contributed by atoms with E-state index in [0.717, 1.165) is 11.0 Å². The number of hydrogen-bond donors (Lipinski definition) is 2. The van der Waals surface area contributed by atoms with Gasteiger partial charge in [0, 0.05) is 25.3 Å². The van der Waals surface area contributed by atoms with E-state index in [1.807, 2.05) is 6.92 Å². The molecule has 1 aliphatic rings. The maximum atomic E-state index is 13.1. The van der Waals surface area contributed by atoms with Crippen molar-refractivity contribution in [3.63, 3.8) is 0 Å². The van der Waals surface area contributed by atoms with Crippen molar-refractivity contribution in [1.29, 1.82) is 0 Å². The number of anilines is 3. The quantitative estimate of drug-likeness (QED) is 0.693. The molecule has 1 amide bonds. The van der Waals surface area contributed by atoms with Crippen LogP contribution in [0.15, 0.2) is 33.9 Å². The molecule has 1 aromatic heterocycles. The summed E-state index contributed by atoms with van der Waals surface area (Å²) in [6, 6.07) is 5.22. The lowest BCUT2D eigenvalue weighted by Crippen LogP contribution is -2.48. The summed E-state index contributed by atoms with van der Waals surface area (Å²) in [5.74, 6) is -0.896. The van der Waals surface area contributed by atoms with Crippen LogP contribution in [0.1, 0.15) is 19.8 Å². The van der Waals surface area contributed by atoms with E-state index in [2.05, 4.69) is 5.32 Å². The number of unbranched alkanes of at least 4 members (excludes halogenated alkanes) is 1. The molecule has 3 rings (SSSR count). The maximum absolute atomic E-state index is 13.1. The third-order valence-electron chi connectivity index (χ3n) is 4.94. The molecule has 1 fully saturated rings. The third-order valence-corrected chi connectivity index (χ3v) is 4.94. The van der Waals surface area contributed by atoms with Gasteiger partial charge in [-0.3, -0.25) is 14.2 Å². The van der Waals surface area contributed by atoms with E-state index in [1.165, 1.54) is 28.8 Å². The number of amides is 1. The number of aromatic nitrogens is 2. The van der Waals surface area contributed by atoms with Gasteiger partial charge >= 0.3 is 5.69 Å². The summed E-state index contributed by atoms with van der Waals surface area (Å²) in [6.45, 7) is 3.67. The number of nitrogens with two attached hydrogens (primary N) is 1. The van der Waals surface area contributed by atoms with Crippen LogP contribution in [0.5, 0.6) is 0 Å². The number of nitrogen functional groups attached to an aromatic ring is 1. The molecule has 1 saturated heterocycles. The number of morpholine rings is 1. The third kappa shape index (κ3) is 4.70. The molecule has 3 N–H and O–H groups in total. The zero-order valence-electron chi connectivity index (χ0n) is 16.9. The lowest BCUT2D eigenvalue weighted by atomic mass is 10.3. The molecule has 1 aromatic carbocycles. The fourth-order valence-electron chi connectivity index (χ4n) is 3.33. The number of benzene rings is 1. The lowest BCUT2D eigenvalue weighted by Gasteiger charge is -2.30. The van der Waals surface area contributed by atoms with E-state index >= 15 is 0 Å². The summed E-state index contributed by atoms with van der Waals surface area (Å²) < 4.78 is 20.6. The molecule has 0 atom stereocenters. The Balaban J connectivity index is 1.97. The standard InChI is InChI=1S/C20H26FN5O4/c1-2-3-8-25-18(22)17(24-9-11-30-12-10-24)19(28)26(20(25)29)13-16(27)23-15-6-4-14(21)5-7-15/h4-7H,2-3,8-13,22H2,1H3,(H,23,27). The SMILES string of the molecule is CCCCn1c(N)c(N2CCOCC2)c(=O)n(CC(=O)Nc2ccc(F)cc2)c1=O. The van der Waals surface area contributed by atoms with Crippen molar-refractivity contribution in [3.8, 4) is 0 Å². The van der Waals surface area contributed by atoms with Gasteiger partial charge in [0.05, 0.1) is 13.2 Å². The van der Waals surface area contributed by atoms with E-state index in [4.69, 9.17) is 10.5 Å². The van der Waals surface area contributed by atoms with Crippen molar-refractivity contribution in [3.05, 3.63) is 50.9 Å². The summed E-state index contributed by atoms with van der Waals surface area (Å²) in [6.07, 6.45) is 1.54. The molecule has 0 bridgehead atoms. The van der Waals surface area contributed by atoms with E-state index in [-0.39, 0.29) is 11.5 Å². The first-order valence-corrected chi connectivity index (χ1v) is 9.93. The first-order chi connectivity index (χ1) is 14.4. The zero-order valence-corrected chi connectivity index (χ0v) is 16.9. The number of hydrogen-bond acceptors (Lipinski definition) is 6. The Labute approximate surface area is 172 Å². The van der Waals surface area contributed by atoms with Crippen LogP contribution in [0.2, 0.25) is 0 Å². The average Bonchev–Trinajstić information content (AvgIpc) is 2.74. The van der Waals surface area contributed by atoms with Gasteiger partial charge in [0.15, 0.2) is 0 Å². The molecule has 0 unspecified atom stereocenters. The molecule has 30 heavy (non-hydrogen) atoms. The van der Waals surface area contributed by atoms with Gasteiger partial charge in [-0.05, 0) is 30.7 Å². The molecular weight excluding hydrogens is 393 g/mol. The van der Waals surface area contributed by atoms with Gasteiger partial charge in [0.1, 0.15) is 23.9 Å². The van der Waals surface area contributed by atoms with E-state index in [1.54, 1.807) is 4.90 Å². The number of halogens is 1. The molecule has 9 nitrogen and oxygen atoms in total. The fraction of sp³-hybridized carbons (Fsp3) is 0.450. The maximum Gasteiger partial charge on any atom is 0.333 e.